The number of thioether (sulfide) groups is 1. The van der Waals surface area contributed by atoms with Crippen molar-refractivity contribution in [2.45, 2.75) is 30.2 Å². The number of carbonyl (C=O) groups is 1. The van der Waals surface area contributed by atoms with Gasteiger partial charge < -0.3 is 24.8 Å². The highest BCUT2D eigenvalue weighted by Gasteiger charge is 2.27. The Labute approximate surface area is 250 Å². The molecule has 0 spiro atoms. The maximum atomic E-state index is 14.7. The smallest absolute Gasteiger partial charge is 0.396 e. The van der Waals surface area contributed by atoms with Gasteiger partial charge in [-0.05, 0) is 50.4 Å². The Kier molecular flexibility index (Phi) is 9.21. The number of anilines is 2. The third-order valence-electron chi connectivity index (χ3n) is 6.91. The van der Waals surface area contributed by atoms with Crippen LogP contribution >= 0.6 is 23.4 Å². The Morgan fingerprint density at radius 3 is 2.67 bits per heavy atom. The number of hydrogen-bond acceptors (Lipinski definition) is 11. The topological polar surface area (TPSA) is 144 Å². The molecule has 42 heavy (non-hydrogen) atoms. The number of pyridine rings is 1. The average Bonchev–Trinajstić information content (AvgIpc) is 3.29. The average molecular weight is 614 g/mol. The zero-order valence-electron chi connectivity index (χ0n) is 23.0. The maximum absolute atomic E-state index is 14.7. The van der Waals surface area contributed by atoms with Gasteiger partial charge in [-0.1, -0.05) is 23.4 Å². The first-order valence-electron chi connectivity index (χ1n) is 13.2. The highest BCUT2D eigenvalue weighted by Crippen LogP contribution is 2.35. The SMILES string of the molecule is Cc1oc(=O)oc1CSc1nnc(-c2cc(Cl)ccc2F)cc1Nc1ccnc(C(CC(N)=O)N2CCN(C)CC2)c1. The van der Waals surface area contributed by atoms with Gasteiger partial charge >= 0.3 is 5.82 Å². The van der Waals surface area contributed by atoms with E-state index in [4.69, 9.17) is 26.2 Å². The van der Waals surface area contributed by atoms with Crippen molar-refractivity contribution in [2.75, 3.05) is 38.5 Å². The van der Waals surface area contributed by atoms with Crippen LogP contribution in [-0.2, 0) is 10.5 Å². The van der Waals surface area contributed by atoms with Gasteiger partial charge in [0.2, 0.25) is 5.91 Å². The highest BCUT2D eigenvalue weighted by atomic mass is 35.5. The van der Waals surface area contributed by atoms with Gasteiger partial charge in [0.15, 0.2) is 5.76 Å². The van der Waals surface area contributed by atoms with E-state index >= 15 is 0 Å². The normalized spacial score (nSPS) is 15.0. The molecule has 0 bridgehead atoms. The number of piperazine rings is 1. The summed E-state index contributed by atoms with van der Waals surface area (Å²) in [6, 6.07) is 9.23. The molecule has 4 aromatic rings. The second-order valence-corrected chi connectivity index (χ2v) is 11.3. The van der Waals surface area contributed by atoms with Crippen molar-refractivity contribution in [1.29, 1.82) is 0 Å². The van der Waals surface area contributed by atoms with E-state index in [9.17, 15) is 14.0 Å². The molecule has 220 valence electrons. The summed E-state index contributed by atoms with van der Waals surface area (Å²) in [6.07, 6.45) is 1.79. The summed E-state index contributed by atoms with van der Waals surface area (Å²) in [5.74, 6) is -0.702. The number of nitrogens with one attached hydrogen (secondary N) is 1. The maximum Gasteiger partial charge on any atom is 0.519 e. The van der Waals surface area contributed by atoms with Crippen LogP contribution < -0.4 is 16.9 Å². The van der Waals surface area contributed by atoms with E-state index in [-0.39, 0.29) is 29.5 Å². The van der Waals surface area contributed by atoms with Gasteiger partial charge in [-0.2, -0.15) is 0 Å². The first-order valence-corrected chi connectivity index (χ1v) is 14.5. The van der Waals surface area contributed by atoms with Crippen molar-refractivity contribution in [3.63, 3.8) is 0 Å². The van der Waals surface area contributed by atoms with Crippen LogP contribution in [0.25, 0.3) is 11.3 Å². The summed E-state index contributed by atoms with van der Waals surface area (Å²) >= 11 is 7.39. The number of carbonyl (C=O) groups excluding carboxylic acids is 1. The monoisotopic (exact) mass is 613 g/mol. The molecule has 11 nitrogen and oxygen atoms in total. The number of benzene rings is 1. The largest absolute Gasteiger partial charge is 0.519 e. The van der Waals surface area contributed by atoms with E-state index in [0.717, 1.165) is 26.2 Å². The lowest BCUT2D eigenvalue weighted by atomic mass is 10.1. The van der Waals surface area contributed by atoms with Crippen molar-refractivity contribution >= 4 is 40.6 Å². The van der Waals surface area contributed by atoms with E-state index < -0.39 is 17.5 Å². The third kappa shape index (κ3) is 7.16. The molecule has 0 aliphatic carbocycles. The van der Waals surface area contributed by atoms with Gasteiger partial charge in [0, 0.05) is 55.1 Å². The second-order valence-electron chi connectivity index (χ2n) is 9.91. The zero-order chi connectivity index (χ0) is 29.8. The van der Waals surface area contributed by atoms with Crippen LogP contribution in [0.2, 0.25) is 5.02 Å². The van der Waals surface area contributed by atoms with Crippen LogP contribution in [0, 0.1) is 12.7 Å². The Balaban J connectivity index is 1.48. The highest BCUT2D eigenvalue weighted by molar-refractivity contribution is 7.98. The van der Waals surface area contributed by atoms with Crippen molar-refractivity contribution in [2.24, 2.45) is 5.73 Å². The molecule has 14 heteroatoms. The molecular formula is C28H29ClFN7O4S. The fraction of sp³-hybridized carbons (Fsp3) is 0.321. The van der Waals surface area contributed by atoms with Crippen LogP contribution in [0.1, 0.15) is 29.7 Å². The Morgan fingerprint density at radius 1 is 1.17 bits per heavy atom. The number of halogens is 2. The summed E-state index contributed by atoms with van der Waals surface area (Å²) in [5, 5.41) is 12.8. The lowest BCUT2D eigenvalue weighted by Crippen LogP contribution is -2.46. The van der Waals surface area contributed by atoms with Gasteiger partial charge in [-0.15, -0.1) is 10.2 Å². The predicted octanol–water partition coefficient (Wildman–Crippen LogP) is 4.39. The first kappa shape index (κ1) is 29.7. The summed E-state index contributed by atoms with van der Waals surface area (Å²) in [4.78, 5) is 32.5. The standard InChI is InChI=1S/C28H29ClFN7O4S/c1-16-25(41-28(39)40-16)15-42-27-23(13-21(34-35-27)19-11-17(29)3-4-20(19)30)33-18-5-6-32-22(12-18)24(14-26(31)38)37-9-7-36(2)8-10-37/h3-6,11-13,24H,7-10,14-15H2,1-2H3,(H2,31,38)(H,32,33,34). The van der Waals surface area contributed by atoms with Crippen molar-refractivity contribution in [3.05, 3.63) is 81.3 Å². The fourth-order valence-corrected chi connectivity index (χ4v) is 5.72. The number of aromatic nitrogens is 3. The number of likely N-dealkylation sites (N-methyl/N-ethyl adjacent to an activating group) is 1. The molecule has 1 amide bonds. The van der Waals surface area contributed by atoms with E-state index in [2.05, 4.69) is 37.3 Å². The van der Waals surface area contributed by atoms with E-state index in [1.807, 2.05) is 6.07 Å². The summed E-state index contributed by atoms with van der Waals surface area (Å²) in [5.41, 5.74) is 7.97. The Bertz CT molecular complexity index is 1640. The van der Waals surface area contributed by atoms with Gasteiger partial charge in [-0.3, -0.25) is 14.7 Å². The number of aryl methyl sites for hydroxylation is 1. The summed E-state index contributed by atoms with van der Waals surface area (Å²) in [7, 11) is 2.06. The molecule has 0 radical (unpaired) electrons. The van der Waals surface area contributed by atoms with Crippen LogP contribution in [0.15, 0.2) is 61.2 Å². The van der Waals surface area contributed by atoms with Crippen LogP contribution in [0.5, 0.6) is 0 Å². The molecule has 1 unspecified atom stereocenters. The van der Waals surface area contributed by atoms with E-state index in [1.165, 1.54) is 30.0 Å². The minimum atomic E-state index is -0.783. The molecule has 1 fully saturated rings. The van der Waals surface area contributed by atoms with E-state index in [0.29, 0.717) is 38.6 Å². The van der Waals surface area contributed by atoms with Gasteiger partial charge in [0.25, 0.3) is 0 Å². The van der Waals surface area contributed by atoms with Crippen LogP contribution in [0.3, 0.4) is 0 Å². The molecular weight excluding hydrogens is 585 g/mol. The summed E-state index contributed by atoms with van der Waals surface area (Å²) in [6.45, 7) is 4.94. The molecule has 1 aliphatic rings. The molecule has 4 heterocycles. The second kappa shape index (κ2) is 13.0. The summed E-state index contributed by atoms with van der Waals surface area (Å²) < 4.78 is 24.8. The van der Waals surface area contributed by atoms with Crippen molar-refractivity contribution in [3.8, 4) is 11.3 Å². The van der Waals surface area contributed by atoms with Crippen LogP contribution in [0.4, 0.5) is 15.8 Å². The molecule has 3 aromatic heterocycles. The number of amides is 1. The van der Waals surface area contributed by atoms with Gasteiger partial charge in [-0.25, -0.2) is 9.18 Å². The number of nitrogens with zero attached hydrogens (tertiary/aromatic N) is 5. The number of primary amides is 1. The Morgan fingerprint density at radius 2 is 1.95 bits per heavy atom. The zero-order valence-corrected chi connectivity index (χ0v) is 24.5. The lowest BCUT2D eigenvalue weighted by Gasteiger charge is -2.37. The molecule has 1 saturated heterocycles. The number of rotatable bonds is 10. The van der Waals surface area contributed by atoms with Gasteiger partial charge in [0.05, 0.1) is 28.9 Å². The Hall–Kier alpha value is -3.78. The number of hydrogen-bond donors (Lipinski definition) is 2. The van der Waals surface area contributed by atoms with E-state index in [1.54, 1.807) is 25.3 Å². The minimum absolute atomic E-state index is 0.130. The minimum Gasteiger partial charge on any atom is -0.396 e. The molecule has 1 aliphatic heterocycles. The van der Waals surface area contributed by atoms with Gasteiger partial charge in [0.1, 0.15) is 16.6 Å². The van der Waals surface area contributed by atoms with Crippen molar-refractivity contribution in [1.82, 2.24) is 25.0 Å². The quantitative estimate of drug-likeness (QED) is 0.246. The predicted molar refractivity (Wildman–Crippen MR) is 157 cm³/mol. The first-order chi connectivity index (χ1) is 20.2. The van der Waals surface area contributed by atoms with Crippen LogP contribution in [-0.4, -0.2) is 64.1 Å². The third-order valence-corrected chi connectivity index (χ3v) is 8.13. The lowest BCUT2D eigenvalue weighted by molar-refractivity contribution is -0.119. The molecule has 3 N–H and O–H groups in total. The van der Waals surface area contributed by atoms with Crippen molar-refractivity contribution < 1.29 is 18.0 Å². The molecule has 0 saturated carbocycles. The number of nitrogens with two attached hydrogens (primary N) is 1. The fourth-order valence-electron chi connectivity index (χ4n) is 4.65. The molecule has 1 aromatic carbocycles. The molecule has 5 rings (SSSR count). The molecule has 1 atom stereocenters.